The van der Waals surface area contributed by atoms with Crippen molar-refractivity contribution >= 4 is 55.8 Å². The van der Waals surface area contributed by atoms with Crippen LogP contribution < -0.4 is 18.9 Å². The first-order chi connectivity index (χ1) is 26.4. The average Bonchev–Trinajstić information content (AvgIpc) is 3.71. The van der Waals surface area contributed by atoms with Crippen LogP contribution in [0.15, 0.2) is 91.0 Å². The van der Waals surface area contributed by atoms with Crippen LogP contribution in [0.2, 0.25) is 0 Å². The van der Waals surface area contributed by atoms with Crippen molar-refractivity contribution in [2.45, 2.75) is 13.2 Å². The van der Waals surface area contributed by atoms with E-state index in [-0.39, 0.29) is 39.6 Å². The number of ether oxygens (including phenoxy) is 8. The Hall–Kier alpha value is -6.31. The molecule has 7 rings (SSSR count). The summed E-state index contributed by atoms with van der Waals surface area (Å²) >= 11 is 0. The van der Waals surface area contributed by atoms with Gasteiger partial charge in [-0.2, -0.15) is 0 Å². The minimum atomic E-state index is -0.520. The Kier molecular flexibility index (Phi) is 10.8. The second-order valence-corrected chi connectivity index (χ2v) is 12.2. The van der Waals surface area contributed by atoms with E-state index < -0.39 is 12.2 Å². The highest BCUT2D eigenvalue weighted by molar-refractivity contribution is 6.14. The summed E-state index contributed by atoms with van der Waals surface area (Å²) in [4.78, 5) is 31.1. The molecule has 278 valence electrons. The largest absolute Gasteiger partial charge is 0.497 e. The molecular weight excluding hydrogens is 694 g/mol. The quantitative estimate of drug-likeness (QED) is 0.102. The molecule has 0 radical (unpaired) electrons. The topological polar surface area (TPSA) is 131 Å². The molecule has 0 saturated carbocycles. The highest BCUT2D eigenvalue weighted by Gasteiger charge is 2.20. The van der Waals surface area contributed by atoms with E-state index in [2.05, 4.69) is 4.98 Å². The molecule has 0 aliphatic rings. The highest BCUT2D eigenvalue weighted by atomic mass is 16.6. The maximum Gasteiger partial charge on any atom is 0.419 e. The molecule has 0 aliphatic heterocycles. The Labute approximate surface area is 310 Å². The van der Waals surface area contributed by atoms with Crippen molar-refractivity contribution in [2.24, 2.45) is 0 Å². The van der Waals surface area contributed by atoms with Crippen molar-refractivity contribution < 1.29 is 47.5 Å². The van der Waals surface area contributed by atoms with Gasteiger partial charge in [0.05, 0.1) is 88.3 Å². The van der Waals surface area contributed by atoms with Gasteiger partial charge in [0.15, 0.2) is 0 Å². The maximum absolute atomic E-state index is 13.3. The molecular formula is C41H39N3O10. The molecule has 0 fully saturated rings. The third kappa shape index (κ3) is 7.31. The molecule has 0 N–H and O–H groups in total. The second-order valence-electron chi connectivity index (χ2n) is 12.2. The van der Waals surface area contributed by atoms with Crippen LogP contribution >= 0.6 is 0 Å². The van der Waals surface area contributed by atoms with Gasteiger partial charge in [0.25, 0.3) is 0 Å². The van der Waals surface area contributed by atoms with Crippen LogP contribution in [0.4, 0.5) is 9.59 Å². The number of benzene rings is 4. The lowest BCUT2D eigenvalue weighted by molar-refractivity contribution is 0.0611. The van der Waals surface area contributed by atoms with E-state index in [0.29, 0.717) is 56.5 Å². The van der Waals surface area contributed by atoms with Crippen molar-refractivity contribution in [3.05, 3.63) is 102 Å². The molecule has 0 spiro atoms. The number of pyridine rings is 1. The summed E-state index contributed by atoms with van der Waals surface area (Å²) in [6.07, 6.45) is -1.04. The van der Waals surface area contributed by atoms with E-state index in [9.17, 15) is 9.59 Å². The fourth-order valence-corrected chi connectivity index (χ4v) is 6.41. The minimum Gasteiger partial charge on any atom is -0.497 e. The number of carbonyl (C=O) groups is 2. The van der Waals surface area contributed by atoms with Gasteiger partial charge < -0.3 is 37.9 Å². The zero-order valence-corrected chi connectivity index (χ0v) is 30.3. The lowest BCUT2D eigenvalue weighted by Crippen LogP contribution is -2.17. The Bertz CT molecular complexity index is 2180. The molecule has 4 aromatic carbocycles. The smallest absolute Gasteiger partial charge is 0.419 e. The van der Waals surface area contributed by atoms with E-state index in [1.807, 2.05) is 66.7 Å². The monoisotopic (exact) mass is 733 g/mol. The SMILES string of the molecule is COc1ccc2c(c1)c1cc(OC)ccc1n2C(=O)OCCOCc1cccc(COCCOC(=O)n2c3ccc(OC)cc3c3cc(OC)ccc32)n1. The number of hydrogen-bond acceptors (Lipinski definition) is 11. The van der Waals surface area contributed by atoms with Gasteiger partial charge in [0.1, 0.15) is 36.2 Å². The van der Waals surface area contributed by atoms with E-state index >= 15 is 0 Å². The molecule has 0 atom stereocenters. The fraction of sp³-hybridized carbons (Fsp3) is 0.244. The van der Waals surface area contributed by atoms with Crippen LogP contribution in [0.3, 0.4) is 0 Å². The van der Waals surface area contributed by atoms with Gasteiger partial charge in [-0.05, 0) is 84.9 Å². The van der Waals surface area contributed by atoms with Gasteiger partial charge >= 0.3 is 12.2 Å². The number of aromatic nitrogens is 3. The molecule has 0 saturated heterocycles. The standard InChI is InChI=1S/C41H39N3O10/c1-47-28-8-12-36-32(20-28)33-21-29(48-2)9-13-37(33)43(36)40(45)53-18-16-51-24-26-6-5-7-27(42-26)25-52-17-19-54-41(46)44-38-14-10-30(49-3)22-34(38)35-23-31(50-4)11-15-39(35)44/h5-15,20-23H,16-19,24-25H2,1-4H3. The molecule has 13 heteroatoms. The molecule has 0 unspecified atom stereocenters. The first-order valence-corrected chi connectivity index (χ1v) is 17.2. The minimum absolute atomic E-state index is 0.0464. The molecule has 0 aliphatic carbocycles. The number of methoxy groups -OCH3 is 4. The Morgan fingerprint density at radius 3 is 1.13 bits per heavy atom. The van der Waals surface area contributed by atoms with Crippen LogP contribution in [0.1, 0.15) is 11.4 Å². The lowest BCUT2D eigenvalue weighted by atomic mass is 10.1. The summed E-state index contributed by atoms with van der Waals surface area (Å²) < 4.78 is 47.5. The Balaban J connectivity index is 0.887. The molecule has 0 bridgehead atoms. The molecule has 13 nitrogen and oxygen atoms in total. The molecule has 3 heterocycles. The van der Waals surface area contributed by atoms with E-state index in [1.165, 1.54) is 9.13 Å². The summed E-state index contributed by atoms with van der Waals surface area (Å²) in [6, 6.07) is 27.6. The van der Waals surface area contributed by atoms with Gasteiger partial charge in [-0.15, -0.1) is 0 Å². The Morgan fingerprint density at radius 1 is 0.481 bits per heavy atom. The van der Waals surface area contributed by atoms with Crippen molar-refractivity contribution in [1.82, 2.24) is 14.1 Å². The summed E-state index contributed by atoms with van der Waals surface area (Å²) in [5, 5.41) is 3.37. The van der Waals surface area contributed by atoms with Crippen molar-refractivity contribution in [3.8, 4) is 23.0 Å². The summed E-state index contributed by atoms with van der Waals surface area (Å²) in [7, 11) is 6.40. The van der Waals surface area contributed by atoms with E-state index in [0.717, 1.165) is 21.5 Å². The average molecular weight is 734 g/mol. The van der Waals surface area contributed by atoms with Crippen LogP contribution in [-0.4, -0.2) is 81.2 Å². The van der Waals surface area contributed by atoms with Crippen LogP contribution in [-0.2, 0) is 32.2 Å². The molecule has 3 aromatic heterocycles. The second kappa shape index (κ2) is 16.1. The molecule has 7 aromatic rings. The predicted octanol–water partition coefficient (Wildman–Crippen LogP) is 7.73. The van der Waals surface area contributed by atoms with Gasteiger partial charge in [-0.1, -0.05) is 6.07 Å². The zero-order valence-electron chi connectivity index (χ0n) is 30.3. The van der Waals surface area contributed by atoms with Crippen molar-refractivity contribution in [2.75, 3.05) is 54.9 Å². The van der Waals surface area contributed by atoms with Gasteiger partial charge in [-0.3, -0.25) is 4.98 Å². The number of hydrogen-bond donors (Lipinski definition) is 0. The van der Waals surface area contributed by atoms with E-state index in [4.69, 9.17) is 37.9 Å². The van der Waals surface area contributed by atoms with Crippen LogP contribution in [0, 0.1) is 0 Å². The summed E-state index contributed by atoms with van der Waals surface area (Å²) in [6.45, 7) is 0.870. The molecule has 0 amide bonds. The lowest BCUT2D eigenvalue weighted by Gasteiger charge is -2.10. The molecule has 54 heavy (non-hydrogen) atoms. The third-order valence-electron chi connectivity index (χ3n) is 8.99. The number of fused-ring (bicyclic) bond motifs is 6. The normalized spacial score (nSPS) is 11.3. The van der Waals surface area contributed by atoms with Crippen molar-refractivity contribution in [1.29, 1.82) is 0 Å². The maximum atomic E-state index is 13.3. The highest BCUT2D eigenvalue weighted by Crippen LogP contribution is 2.35. The van der Waals surface area contributed by atoms with Crippen LogP contribution in [0.25, 0.3) is 43.6 Å². The number of carbonyl (C=O) groups excluding carboxylic acids is 2. The number of rotatable bonds is 14. The van der Waals surface area contributed by atoms with E-state index in [1.54, 1.807) is 52.7 Å². The first kappa shape index (κ1) is 36.1. The van der Waals surface area contributed by atoms with Gasteiger partial charge in [0.2, 0.25) is 0 Å². The van der Waals surface area contributed by atoms with Gasteiger partial charge in [-0.25, -0.2) is 18.7 Å². The summed E-state index contributed by atoms with van der Waals surface area (Å²) in [5.74, 6) is 2.71. The number of nitrogens with zero attached hydrogens (tertiary/aromatic N) is 3. The van der Waals surface area contributed by atoms with Gasteiger partial charge in [0, 0.05) is 21.5 Å². The predicted molar refractivity (Wildman–Crippen MR) is 202 cm³/mol. The Morgan fingerprint density at radius 2 is 0.815 bits per heavy atom. The first-order valence-electron chi connectivity index (χ1n) is 17.2. The van der Waals surface area contributed by atoms with Crippen LogP contribution in [0.5, 0.6) is 23.0 Å². The van der Waals surface area contributed by atoms with Crippen molar-refractivity contribution in [3.63, 3.8) is 0 Å². The fourth-order valence-electron chi connectivity index (χ4n) is 6.41. The summed E-state index contributed by atoms with van der Waals surface area (Å²) in [5.41, 5.74) is 4.15. The third-order valence-corrected chi connectivity index (χ3v) is 8.99. The zero-order chi connectivity index (χ0) is 37.6.